The molecule has 0 aliphatic carbocycles. The van der Waals surface area contributed by atoms with E-state index in [0.29, 0.717) is 6.42 Å². The fourth-order valence-corrected chi connectivity index (χ4v) is 3.18. The van der Waals surface area contributed by atoms with Crippen LogP contribution in [0.4, 0.5) is 0 Å². The molecule has 1 aliphatic heterocycles. The van der Waals surface area contributed by atoms with Gasteiger partial charge in [0.15, 0.2) is 5.78 Å². The first-order valence-corrected chi connectivity index (χ1v) is 7.51. The molecule has 1 aromatic carbocycles. The van der Waals surface area contributed by atoms with E-state index in [1.165, 1.54) is 0 Å². The molecule has 1 N–H and O–H groups in total. The first kappa shape index (κ1) is 14.5. The standard InChI is InChI=1S/C15H20BrNO2/c1-3-15(7-4-8-17-15)14(18)10-11-9-12(16)5-6-13(11)19-2/h5-6,9,17H,3-4,7-8,10H2,1-2H3. The largest absolute Gasteiger partial charge is 0.496 e. The smallest absolute Gasteiger partial charge is 0.157 e. The zero-order chi connectivity index (χ0) is 13.9. The second-order valence-electron chi connectivity index (χ2n) is 5.02. The minimum atomic E-state index is -0.326. The maximum absolute atomic E-state index is 12.6. The summed E-state index contributed by atoms with van der Waals surface area (Å²) < 4.78 is 6.31. The van der Waals surface area contributed by atoms with Gasteiger partial charge in [0.1, 0.15) is 5.75 Å². The lowest BCUT2D eigenvalue weighted by atomic mass is 9.86. The molecular formula is C15H20BrNO2. The highest BCUT2D eigenvalue weighted by atomic mass is 79.9. The highest BCUT2D eigenvalue weighted by Gasteiger charge is 2.38. The number of halogens is 1. The van der Waals surface area contributed by atoms with Crippen molar-refractivity contribution in [1.29, 1.82) is 0 Å². The number of nitrogens with one attached hydrogen (secondary N) is 1. The van der Waals surface area contributed by atoms with Crippen molar-refractivity contribution in [2.45, 2.75) is 38.1 Å². The highest BCUT2D eigenvalue weighted by molar-refractivity contribution is 9.10. The van der Waals surface area contributed by atoms with Gasteiger partial charge < -0.3 is 10.1 Å². The van der Waals surface area contributed by atoms with Crippen LogP contribution in [-0.2, 0) is 11.2 Å². The van der Waals surface area contributed by atoms with Gasteiger partial charge in [-0.2, -0.15) is 0 Å². The molecule has 0 spiro atoms. The molecule has 1 heterocycles. The van der Waals surface area contributed by atoms with E-state index in [4.69, 9.17) is 4.74 Å². The zero-order valence-corrected chi connectivity index (χ0v) is 13.0. The summed E-state index contributed by atoms with van der Waals surface area (Å²) in [5, 5.41) is 3.39. The topological polar surface area (TPSA) is 38.3 Å². The van der Waals surface area contributed by atoms with Crippen molar-refractivity contribution in [3.05, 3.63) is 28.2 Å². The predicted molar refractivity (Wildman–Crippen MR) is 79.7 cm³/mol. The van der Waals surface area contributed by atoms with Crippen molar-refractivity contribution >= 4 is 21.7 Å². The fourth-order valence-electron chi connectivity index (χ4n) is 2.77. The van der Waals surface area contributed by atoms with Crippen LogP contribution in [0.15, 0.2) is 22.7 Å². The predicted octanol–water partition coefficient (Wildman–Crippen LogP) is 3.10. The Bertz CT molecular complexity index is 467. The highest BCUT2D eigenvalue weighted by Crippen LogP contribution is 2.29. The van der Waals surface area contributed by atoms with Gasteiger partial charge in [-0.15, -0.1) is 0 Å². The summed E-state index contributed by atoms with van der Waals surface area (Å²) in [6, 6.07) is 5.79. The van der Waals surface area contributed by atoms with Crippen LogP contribution >= 0.6 is 15.9 Å². The summed E-state index contributed by atoms with van der Waals surface area (Å²) in [7, 11) is 1.64. The quantitative estimate of drug-likeness (QED) is 0.904. The van der Waals surface area contributed by atoms with E-state index < -0.39 is 0 Å². The Morgan fingerprint density at radius 2 is 2.32 bits per heavy atom. The Morgan fingerprint density at radius 3 is 2.89 bits per heavy atom. The first-order valence-electron chi connectivity index (χ1n) is 6.72. The molecular weight excluding hydrogens is 306 g/mol. The molecule has 0 amide bonds. The summed E-state index contributed by atoms with van der Waals surface area (Å²) in [6.45, 7) is 3.02. The molecule has 1 fully saturated rings. The van der Waals surface area contributed by atoms with Gasteiger partial charge in [-0.3, -0.25) is 4.79 Å². The minimum Gasteiger partial charge on any atom is -0.496 e. The maximum Gasteiger partial charge on any atom is 0.157 e. The molecule has 0 bridgehead atoms. The SMILES string of the molecule is CCC1(C(=O)Cc2cc(Br)ccc2OC)CCCN1. The minimum absolute atomic E-state index is 0.268. The monoisotopic (exact) mass is 325 g/mol. The number of methoxy groups -OCH3 is 1. The van der Waals surface area contributed by atoms with E-state index in [9.17, 15) is 4.79 Å². The van der Waals surface area contributed by atoms with E-state index in [2.05, 4.69) is 28.2 Å². The van der Waals surface area contributed by atoms with Crippen molar-refractivity contribution in [3.63, 3.8) is 0 Å². The molecule has 1 aliphatic rings. The number of ketones is 1. The van der Waals surface area contributed by atoms with Gasteiger partial charge in [0.2, 0.25) is 0 Å². The van der Waals surface area contributed by atoms with Crippen molar-refractivity contribution in [2.75, 3.05) is 13.7 Å². The lowest BCUT2D eigenvalue weighted by Crippen LogP contribution is -2.47. The van der Waals surface area contributed by atoms with E-state index in [-0.39, 0.29) is 11.3 Å². The first-order chi connectivity index (χ1) is 9.11. The number of hydrogen-bond donors (Lipinski definition) is 1. The van der Waals surface area contributed by atoms with Gasteiger partial charge in [0, 0.05) is 16.5 Å². The number of hydrogen-bond acceptors (Lipinski definition) is 3. The fraction of sp³-hybridized carbons (Fsp3) is 0.533. The molecule has 19 heavy (non-hydrogen) atoms. The third-order valence-electron chi connectivity index (χ3n) is 3.97. The molecule has 0 radical (unpaired) electrons. The number of carbonyl (C=O) groups excluding carboxylic acids is 1. The number of carbonyl (C=O) groups is 1. The van der Waals surface area contributed by atoms with E-state index >= 15 is 0 Å². The average Bonchev–Trinajstić information content (AvgIpc) is 2.89. The number of benzene rings is 1. The molecule has 0 aromatic heterocycles. The van der Waals surface area contributed by atoms with Crippen LogP contribution in [0.3, 0.4) is 0 Å². The van der Waals surface area contributed by atoms with Gasteiger partial charge >= 0.3 is 0 Å². The second-order valence-corrected chi connectivity index (χ2v) is 5.94. The van der Waals surface area contributed by atoms with Crippen molar-refractivity contribution < 1.29 is 9.53 Å². The molecule has 0 saturated carbocycles. The normalized spacial score (nSPS) is 22.5. The molecule has 1 unspecified atom stereocenters. The third kappa shape index (κ3) is 3.00. The lowest BCUT2D eigenvalue weighted by molar-refractivity contribution is -0.124. The third-order valence-corrected chi connectivity index (χ3v) is 4.47. The van der Waals surface area contributed by atoms with Crippen LogP contribution in [0, 0.1) is 0 Å². The van der Waals surface area contributed by atoms with Crippen LogP contribution < -0.4 is 10.1 Å². The Morgan fingerprint density at radius 1 is 1.53 bits per heavy atom. The molecule has 1 saturated heterocycles. The van der Waals surface area contributed by atoms with Crippen LogP contribution in [0.2, 0.25) is 0 Å². The maximum atomic E-state index is 12.6. The Labute approximate surface area is 122 Å². The van der Waals surface area contributed by atoms with Crippen LogP contribution in [0.25, 0.3) is 0 Å². The molecule has 2 rings (SSSR count). The van der Waals surface area contributed by atoms with Crippen molar-refractivity contribution in [3.8, 4) is 5.75 Å². The molecule has 3 nitrogen and oxygen atoms in total. The van der Waals surface area contributed by atoms with E-state index in [1.54, 1.807) is 7.11 Å². The summed E-state index contributed by atoms with van der Waals surface area (Å²) in [5.74, 6) is 1.05. The second kappa shape index (κ2) is 6.06. The zero-order valence-electron chi connectivity index (χ0n) is 11.5. The lowest BCUT2D eigenvalue weighted by Gasteiger charge is -2.26. The summed E-state index contributed by atoms with van der Waals surface area (Å²) in [5.41, 5.74) is 0.622. The van der Waals surface area contributed by atoms with E-state index in [1.807, 2.05) is 18.2 Å². The molecule has 1 aromatic rings. The van der Waals surface area contributed by atoms with Gasteiger partial charge in [0.05, 0.1) is 12.6 Å². The van der Waals surface area contributed by atoms with Gasteiger partial charge in [-0.25, -0.2) is 0 Å². The number of rotatable bonds is 5. The van der Waals surface area contributed by atoms with E-state index in [0.717, 1.165) is 41.6 Å². The number of Topliss-reactive ketones (excluding diaryl/α,β-unsaturated/α-hetero) is 1. The van der Waals surface area contributed by atoms with Gasteiger partial charge in [0.25, 0.3) is 0 Å². The molecule has 1 atom stereocenters. The molecule has 104 valence electrons. The Balaban J connectivity index is 2.20. The summed E-state index contributed by atoms with van der Waals surface area (Å²) >= 11 is 3.45. The van der Waals surface area contributed by atoms with Crippen molar-refractivity contribution in [2.24, 2.45) is 0 Å². The summed E-state index contributed by atoms with van der Waals surface area (Å²) in [4.78, 5) is 12.6. The van der Waals surface area contributed by atoms with Crippen molar-refractivity contribution in [1.82, 2.24) is 5.32 Å². The Kier molecular flexibility index (Phi) is 4.63. The van der Waals surface area contributed by atoms with Crippen LogP contribution in [-0.4, -0.2) is 25.0 Å². The Hall–Kier alpha value is -0.870. The number of ether oxygens (including phenoxy) is 1. The van der Waals surface area contributed by atoms with Gasteiger partial charge in [-0.1, -0.05) is 22.9 Å². The molecule has 4 heteroatoms. The van der Waals surface area contributed by atoms with Crippen LogP contribution in [0.5, 0.6) is 5.75 Å². The van der Waals surface area contributed by atoms with Crippen LogP contribution in [0.1, 0.15) is 31.7 Å². The summed E-state index contributed by atoms with van der Waals surface area (Å²) in [6.07, 6.45) is 3.29. The average molecular weight is 326 g/mol. The van der Waals surface area contributed by atoms with Gasteiger partial charge in [-0.05, 0) is 44.0 Å².